The molecule has 0 amide bonds. The van der Waals surface area contributed by atoms with Crippen molar-refractivity contribution >= 4 is 16.0 Å². The number of carboxylic acid groups (broad SMARTS) is 1. The maximum Gasteiger partial charge on any atom is 0.335 e. The van der Waals surface area contributed by atoms with Gasteiger partial charge in [-0.2, -0.15) is 4.31 Å². The summed E-state index contributed by atoms with van der Waals surface area (Å²) in [6.45, 7) is 6.97. The van der Waals surface area contributed by atoms with Crippen LogP contribution in [0.25, 0.3) is 0 Å². The molecule has 0 aliphatic carbocycles. The van der Waals surface area contributed by atoms with Crippen LogP contribution in [0.3, 0.4) is 0 Å². The van der Waals surface area contributed by atoms with Crippen LogP contribution in [-0.2, 0) is 20.2 Å². The lowest BCUT2D eigenvalue weighted by molar-refractivity contribution is 0.0695. The predicted octanol–water partition coefficient (Wildman–Crippen LogP) is 1.70. The van der Waals surface area contributed by atoms with Gasteiger partial charge in [-0.1, -0.05) is 26.8 Å². The average Bonchev–Trinajstić information content (AvgIpc) is 2.46. The predicted molar refractivity (Wildman–Crippen MR) is 81.7 cm³/mol. The maximum atomic E-state index is 12.9. The van der Waals surface area contributed by atoms with Crippen molar-refractivity contribution in [2.75, 3.05) is 26.3 Å². The van der Waals surface area contributed by atoms with Crippen LogP contribution in [0, 0.1) is 0 Å². The second-order valence-corrected chi connectivity index (χ2v) is 8.19. The monoisotopic (exact) mass is 327 g/mol. The van der Waals surface area contributed by atoms with Gasteiger partial charge in [-0.05, 0) is 23.1 Å². The molecular formula is C15H21NO5S. The average molecular weight is 327 g/mol. The van der Waals surface area contributed by atoms with E-state index >= 15 is 0 Å². The second kappa shape index (κ2) is 5.98. The van der Waals surface area contributed by atoms with Gasteiger partial charge in [0.1, 0.15) is 0 Å². The van der Waals surface area contributed by atoms with Gasteiger partial charge in [0, 0.05) is 13.1 Å². The smallest absolute Gasteiger partial charge is 0.335 e. The molecule has 22 heavy (non-hydrogen) atoms. The number of rotatable bonds is 3. The van der Waals surface area contributed by atoms with Crippen LogP contribution < -0.4 is 0 Å². The molecule has 122 valence electrons. The van der Waals surface area contributed by atoms with Gasteiger partial charge < -0.3 is 9.84 Å². The Hall–Kier alpha value is -1.44. The molecule has 0 atom stereocenters. The van der Waals surface area contributed by atoms with E-state index in [2.05, 4.69) is 0 Å². The van der Waals surface area contributed by atoms with Crippen LogP contribution in [-0.4, -0.2) is 50.1 Å². The molecule has 0 spiro atoms. The van der Waals surface area contributed by atoms with Gasteiger partial charge in [0.25, 0.3) is 0 Å². The number of benzene rings is 1. The highest BCUT2D eigenvalue weighted by molar-refractivity contribution is 7.89. The number of sulfonamides is 1. The fraction of sp³-hybridized carbons (Fsp3) is 0.533. The van der Waals surface area contributed by atoms with Crippen LogP contribution in [0.4, 0.5) is 0 Å². The summed E-state index contributed by atoms with van der Waals surface area (Å²) in [5.41, 5.74) is 0.176. The van der Waals surface area contributed by atoms with Gasteiger partial charge in [-0.15, -0.1) is 0 Å². The number of hydrogen-bond acceptors (Lipinski definition) is 4. The summed E-state index contributed by atoms with van der Waals surface area (Å²) in [7, 11) is -3.74. The Morgan fingerprint density at radius 3 is 2.32 bits per heavy atom. The number of ether oxygens (including phenoxy) is 1. The number of nitrogens with zero attached hydrogens (tertiary/aromatic N) is 1. The van der Waals surface area contributed by atoms with Crippen LogP contribution in [0.1, 0.15) is 36.7 Å². The van der Waals surface area contributed by atoms with Crippen molar-refractivity contribution in [3.8, 4) is 0 Å². The lowest BCUT2D eigenvalue weighted by Crippen LogP contribution is -2.41. The Balaban J connectivity index is 2.59. The SMILES string of the molecule is CC(C)(C)c1ccc(C(=O)O)cc1S(=O)(=O)N1CCOCC1. The quantitative estimate of drug-likeness (QED) is 0.913. The molecular weight excluding hydrogens is 306 g/mol. The fourth-order valence-electron chi connectivity index (χ4n) is 2.41. The fourth-order valence-corrected chi connectivity index (χ4v) is 4.25. The first-order valence-electron chi connectivity index (χ1n) is 7.10. The summed E-state index contributed by atoms with van der Waals surface area (Å²) >= 11 is 0. The van der Waals surface area contributed by atoms with Crippen molar-refractivity contribution in [3.63, 3.8) is 0 Å². The zero-order valence-electron chi connectivity index (χ0n) is 13.0. The van der Waals surface area contributed by atoms with E-state index in [0.717, 1.165) is 0 Å². The summed E-state index contributed by atoms with van der Waals surface area (Å²) in [5.74, 6) is -1.14. The molecule has 1 fully saturated rings. The lowest BCUT2D eigenvalue weighted by atomic mass is 9.86. The first-order chi connectivity index (χ1) is 10.1. The summed E-state index contributed by atoms with van der Waals surface area (Å²) in [4.78, 5) is 11.3. The summed E-state index contributed by atoms with van der Waals surface area (Å²) in [6.07, 6.45) is 0. The summed E-state index contributed by atoms with van der Waals surface area (Å²) in [5, 5.41) is 9.15. The third-order valence-electron chi connectivity index (χ3n) is 3.62. The molecule has 1 aliphatic rings. The van der Waals surface area contributed by atoms with Crippen LogP contribution in [0.5, 0.6) is 0 Å². The summed E-state index contributed by atoms with van der Waals surface area (Å²) < 4.78 is 32.4. The topological polar surface area (TPSA) is 83.9 Å². The van der Waals surface area contributed by atoms with Gasteiger partial charge in [0.15, 0.2) is 0 Å². The molecule has 7 heteroatoms. The molecule has 1 aliphatic heterocycles. The highest BCUT2D eigenvalue weighted by Crippen LogP contribution is 2.31. The molecule has 6 nitrogen and oxygen atoms in total. The molecule has 2 rings (SSSR count). The second-order valence-electron chi connectivity index (χ2n) is 6.28. The Kier molecular flexibility index (Phi) is 4.60. The minimum Gasteiger partial charge on any atom is -0.478 e. The van der Waals surface area contributed by atoms with Gasteiger partial charge in [0.2, 0.25) is 10.0 Å². The Labute approximate surface area is 130 Å². The first kappa shape index (κ1) is 16.9. The molecule has 1 saturated heterocycles. The first-order valence-corrected chi connectivity index (χ1v) is 8.54. The van der Waals surface area contributed by atoms with Crippen LogP contribution in [0.2, 0.25) is 0 Å². The minimum atomic E-state index is -3.74. The van der Waals surface area contributed by atoms with Crippen molar-refractivity contribution in [1.29, 1.82) is 0 Å². The third-order valence-corrected chi connectivity index (χ3v) is 5.56. The van der Waals surface area contributed by atoms with Gasteiger partial charge in [0.05, 0.1) is 23.7 Å². The van der Waals surface area contributed by atoms with E-state index in [0.29, 0.717) is 18.8 Å². The van der Waals surface area contributed by atoms with E-state index in [-0.39, 0.29) is 23.5 Å². The third kappa shape index (κ3) is 3.31. The van der Waals surface area contributed by atoms with Gasteiger partial charge >= 0.3 is 5.97 Å². The molecule has 1 aromatic rings. The van der Waals surface area contributed by atoms with Crippen LogP contribution in [0.15, 0.2) is 23.1 Å². The molecule has 1 N–H and O–H groups in total. The Morgan fingerprint density at radius 1 is 1.23 bits per heavy atom. The molecule has 1 aromatic carbocycles. The van der Waals surface area contributed by atoms with Crippen LogP contribution >= 0.6 is 0 Å². The summed E-state index contributed by atoms with van der Waals surface area (Å²) in [6, 6.07) is 4.30. The van der Waals surface area contributed by atoms with Gasteiger partial charge in [-0.3, -0.25) is 0 Å². The Bertz CT molecular complexity index is 670. The zero-order valence-corrected chi connectivity index (χ0v) is 13.8. The molecule has 0 radical (unpaired) electrons. The van der Waals surface area contributed by atoms with Crippen molar-refractivity contribution in [1.82, 2.24) is 4.31 Å². The molecule has 0 aromatic heterocycles. The molecule has 1 heterocycles. The number of carboxylic acids is 1. The van der Waals surface area contributed by atoms with E-state index in [1.165, 1.54) is 16.4 Å². The number of hydrogen-bond donors (Lipinski definition) is 1. The molecule has 0 unspecified atom stereocenters. The van der Waals surface area contributed by atoms with E-state index in [9.17, 15) is 13.2 Å². The number of aromatic carboxylic acids is 1. The van der Waals surface area contributed by atoms with E-state index in [1.54, 1.807) is 6.07 Å². The van der Waals surface area contributed by atoms with Crippen molar-refractivity contribution in [2.24, 2.45) is 0 Å². The van der Waals surface area contributed by atoms with Crippen molar-refractivity contribution in [3.05, 3.63) is 29.3 Å². The number of carbonyl (C=O) groups is 1. The van der Waals surface area contributed by atoms with Crippen molar-refractivity contribution in [2.45, 2.75) is 31.1 Å². The van der Waals surface area contributed by atoms with Gasteiger partial charge in [-0.25, -0.2) is 13.2 Å². The number of morpholine rings is 1. The lowest BCUT2D eigenvalue weighted by Gasteiger charge is -2.29. The van der Waals surface area contributed by atoms with E-state index in [4.69, 9.17) is 9.84 Å². The highest BCUT2D eigenvalue weighted by Gasteiger charge is 2.32. The standard InChI is InChI=1S/C15H21NO5S/c1-15(2,3)12-5-4-11(14(17)18)10-13(12)22(19,20)16-6-8-21-9-7-16/h4-5,10H,6-9H2,1-3H3,(H,17,18). The van der Waals surface area contributed by atoms with Crippen molar-refractivity contribution < 1.29 is 23.1 Å². The maximum absolute atomic E-state index is 12.9. The highest BCUT2D eigenvalue weighted by atomic mass is 32.2. The molecule has 0 saturated carbocycles. The normalized spacial score (nSPS) is 17.4. The molecule has 0 bridgehead atoms. The van der Waals surface area contributed by atoms with E-state index in [1.807, 2.05) is 20.8 Å². The largest absolute Gasteiger partial charge is 0.478 e. The Morgan fingerprint density at radius 2 is 1.82 bits per heavy atom. The minimum absolute atomic E-state index is 0.0279. The van der Waals surface area contributed by atoms with E-state index < -0.39 is 21.4 Å². The zero-order chi connectivity index (χ0) is 16.5.